The highest BCUT2D eigenvalue weighted by Gasteiger charge is 2.37. The summed E-state index contributed by atoms with van der Waals surface area (Å²) in [5, 5.41) is 0. The molecule has 0 radical (unpaired) electrons. The molecule has 7 nitrogen and oxygen atoms in total. The number of carbonyl (C=O) groups is 2. The summed E-state index contributed by atoms with van der Waals surface area (Å²) in [5.74, 6) is 0.516. The molecule has 1 amide bonds. The highest BCUT2D eigenvalue weighted by molar-refractivity contribution is 7.15. The summed E-state index contributed by atoms with van der Waals surface area (Å²) in [5.41, 5.74) is 3.06. The van der Waals surface area contributed by atoms with Crippen LogP contribution >= 0.6 is 11.3 Å². The van der Waals surface area contributed by atoms with Crippen LogP contribution in [0.3, 0.4) is 0 Å². The van der Waals surface area contributed by atoms with Gasteiger partial charge in [0.25, 0.3) is 0 Å². The van der Waals surface area contributed by atoms with E-state index < -0.39 is 0 Å². The summed E-state index contributed by atoms with van der Waals surface area (Å²) in [6.07, 6.45) is 17.7. The van der Waals surface area contributed by atoms with Crippen molar-refractivity contribution in [2.75, 3.05) is 30.0 Å². The zero-order valence-electron chi connectivity index (χ0n) is 24.0. The molecule has 39 heavy (non-hydrogen) atoms. The van der Waals surface area contributed by atoms with Gasteiger partial charge in [-0.05, 0) is 81.8 Å². The summed E-state index contributed by atoms with van der Waals surface area (Å²) in [6, 6.07) is 2.15. The number of hydrogen-bond donors (Lipinski definition) is 0. The highest BCUT2D eigenvalue weighted by Crippen LogP contribution is 2.42. The van der Waals surface area contributed by atoms with Crippen molar-refractivity contribution in [3.8, 4) is 0 Å². The summed E-state index contributed by atoms with van der Waals surface area (Å²) in [6.45, 7) is 7.92. The average Bonchev–Trinajstić information content (AvgIpc) is 3.44. The maximum Gasteiger partial charge on any atom is 0.350 e. The van der Waals surface area contributed by atoms with E-state index in [0.717, 1.165) is 87.1 Å². The Morgan fingerprint density at radius 3 is 2.33 bits per heavy atom. The SMILES string of the molecule is CC.COC(=O)c1sc(C2=CCCCC2)cc1N(C(=O)C1CCC(C)CC1)C1CCN(c2cncnc2)CC1. The van der Waals surface area contributed by atoms with E-state index in [0.29, 0.717) is 10.8 Å². The maximum atomic E-state index is 14.2. The molecule has 2 aliphatic carbocycles. The number of nitrogens with zero attached hydrogens (tertiary/aromatic N) is 4. The minimum Gasteiger partial charge on any atom is -0.465 e. The quantitative estimate of drug-likeness (QED) is 0.355. The van der Waals surface area contributed by atoms with Crippen molar-refractivity contribution in [1.82, 2.24) is 9.97 Å². The number of ether oxygens (including phenoxy) is 1. The molecule has 0 N–H and O–H groups in total. The van der Waals surface area contributed by atoms with E-state index in [1.807, 2.05) is 31.1 Å². The van der Waals surface area contributed by atoms with E-state index in [-0.39, 0.29) is 23.8 Å². The van der Waals surface area contributed by atoms with E-state index >= 15 is 0 Å². The molecule has 0 unspecified atom stereocenters. The number of amides is 1. The predicted molar refractivity (Wildman–Crippen MR) is 159 cm³/mol. The Morgan fingerprint density at radius 1 is 1.03 bits per heavy atom. The molecule has 0 bridgehead atoms. The molecule has 8 heteroatoms. The summed E-state index contributed by atoms with van der Waals surface area (Å²) in [4.78, 5) is 41.5. The molecule has 2 aromatic rings. The van der Waals surface area contributed by atoms with Crippen LogP contribution in [0.15, 0.2) is 30.9 Å². The molecule has 3 aliphatic rings. The molecule has 0 atom stereocenters. The first-order valence-corrected chi connectivity index (χ1v) is 15.6. The number of esters is 1. The lowest BCUT2D eigenvalue weighted by molar-refractivity contribution is -0.124. The van der Waals surface area contributed by atoms with Crippen molar-refractivity contribution in [3.05, 3.63) is 40.6 Å². The third-order valence-corrected chi connectivity index (χ3v) is 9.47. The number of hydrogen-bond acceptors (Lipinski definition) is 7. The molecule has 0 aromatic carbocycles. The fourth-order valence-electron chi connectivity index (χ4n) is 6.06. The van der Waals surface area contributed by atoms with Crippen LogP contribution in [0, 0.1) is 11.8 Å². The van der Waals surface area contributed by atoms with Crippen LogP contribution in [-0.4, -0.2) is 48.1 Å². The van der Waals surface area contributed by atoms with Crippen molar-refractivity contribution in [1.29, 1.82) is 0 Å². The van der Waals surface area contributed by atoms with Crippen LogP contribution in [0.2, 0.25) is 0 Å². The van der Waals surface area contributed by atoms with Gasteiger partial charge in [0, 0.05) is 29.9 Å². The van der Waals surface area contributed by atoms with Gasteiger partial charge in [0.2, 0.25) is 5.91 Å². The third-order valence-electron chi connectivity index (χ3n) is 8.29. The number of anilines is 2. The van der Waals surface area contributed by atoms with Gasteiger partial charge >= 0.3 is 5.97 Å². The van der Waals surface area contributed by atoms with E-state index in [1.165, 1.54) is 30.4 Å². The third kappa shape index (κ3) is 6.89. The van der Waals surface area contributed by atoms with Crippen molar-refractivity contribution < 1.29 is 14.3 Å². The van der Waals surface area contributed by atoms with Crippen LogP contribution < -0.4 is 9.80 Å². The van der Waals surface area contributed by atoms with Gasteiger partial charge in [-0.3, -0.25) is 4.79 Å². The van der Waals surface area contributed by atoms with Crippen LogP contribution in [0.5, 0.6) is 0 Å². The van der Waals surface area contributed by atoms with Crippen LogP contribution in [0.4, 0.5) is 11.4 Å². The number of aromatic nitrogens is 2. The first-order valence-electron chi connectivity index (χ1n) is 14.8. The minimum absolute atomic E-state index is 0.0134. The van der Waals surface area contributed by atoms with Crippen LogP contribution in [-0.2, 0) is 9.53 Å². The molecular formula is C31H44N4O3S. The first kappa shape index (κ1) is 29.2. The van der Waals surface area contributed by atoms with Gasteiger partial charge in [-0.25, -0.2) is 14.8 Å². The zero-order valence-corrected chi connectivity index (χ0v) is 24.8. The van der Waals surface area contributed by atoms with Gasteiger partial charge < -0.3 is 14.5 Å². The van der Waals surface area contributed by atoms with Crippen LogP contribution in [0.1, 0.15) is 99.5 Å². The lowest BCUT2D eigenvalue weighted by atomic mass is 9.82. The zero-order chi connectivity index (χ0) is 27.8. The molecule has 3 heterocycles. The smallest absolute Gasteiger partial charge is 0.350 e. The van der Waals surface area contributed by atoms with Gasteiger partial charge in [0.15, 0.2) is 0 Å². The second-order valence-corrected chi connectivity index (χ2v) is 11.8. The molecule has 1 saturated heterocycles. The maximum absolute atomic E-state index is 14.2. The standard InChI is InChI=1S/C29H38N4O3S.C2H6/c1-20-8-10-22(11-9-20)28(34)33(23-12-14-32(15-13-23)24-17-30-19-31-18-24)25-16-26(21-6-4-3-5-7-21)37-27(25)29(35)36-2;1-2/h6,16-20,22-23H,3-5,7-15H2,1-2H3;1-2H3. The molecule has 5 rings (SSSR count). The van der Waals surface area contributed by atoms with Crippen LogP contribution in [0.25, 0.3) is 5.57 Å². The highest BCUT2D eigenvalue weighted by atomic mass is 32.1. The number of allylic oxidation sites excluding steroid dienone is 2. The second kappa shape index (κ2) is 14.1. The number of thiophene rings is 1. The fraction of sp³-hybridized carbons (Fsp3) is 0.613. The Bertz CT molecular complexity index is 1120. The summed E-state index contributed by atoms with van der Waals surface area (Å²) >= 11 is 1.49. The van der Waals surface area contributed by atoms with Crippen molar-refractivity contribution >= 4 is 40.2 Å². The Morgan fingerprint density at radius 2 is 1.72 bits per heavy atom. The first-order chi connectivity index (χ1) is 19.0. The second-order valence-electron chi connectivity index (χ2n) is 10.8. The van der Waals surface area contributed by atoms with Gasteiger partial charge in [-0.15, -0.1) is 11.3 Å². The van der Waals surface area contributed by atoms with Gasteiger partial charge in [0.05, 0.1) is 30.9 Å². The summed E-state index contributed by atoms with van der Waals surface area (Å²) in [7, 11) is 1.43. The van der Waals surface area contributed by atoms with E-state index in [9.17, 15) is 9.59 Å². The number of methoxy groups -OCH3 is 1. The van der Waals surface area contributed by atoms with Gasteiger partial charge in [-0.2, -0.15) is 0 Å². The number of carbonyl (C=O) groups excluding carboxylic acids is 2. The normalized spacial score (nSPS) is 21.8. The topological polar surface area (TPSA) is 75.6 Å². The average molecular weight is 553 g/mol. The molecule has 1 saturated carbocycles. The largest absolute Gasteiger partial charge is 0.465 e. The number of piperidine rings is 1. The van der Waals surface area contributed by atoms with Gasteiger partial charge in [0.1, 0.15) is 11.2 Å². The lowest BCUT2D eigenvalue weighted by Gasteiger charge is -2.41. The van der Waals surface area contributed by atoms with Crippen molar-refractivity contribution in [2.45, 2.75) is 91.0 Å². The van der Waals surface area contributed by atoms with E-state index in [1.54, 1.807) is 6.33 Å². The Hall–Kier alpha value is -2.74. The van der Waals surface area contributed by atoms with E-state index in [4.69, 9.17) is 4.74 Å². The molecular weight excluding hydrogens is 508 g/mol. The molecule has 2 fully saturated rings. The molecule has 2 aromatic heterocycles. The lowest BCUT2D eigenvalue weighted by Crippen LogP contribution is -2.50. The van der Waals surface area contributed by atoms with Crippen molar-refractivity contribution in [2.24, 2.45) is 11.8 Å². The van der Waals surface area contributed by atoms with Crippen molar-refractivity contribution in [3.63, 3.8) is 0 Å². The molecule has 0 spiro atoms. The van der Waals surface area contributed by atoms with E-state index in [2.05, 4.69) is 33.9 Å². The molecule has 1 aliphatic heterocycles. The Labute approximate surface area is 237 Å². The molecule has 212 valence electrons. The monoisotopic (exact) mass is 552 g/mol. The Balaban J connectivity index is 0.00000172. The fourth-order valence-corrected chi connectivity index (χ4v) is 7.19. The Kier molecular flexibility index (Phi) is 10.5. The minimum atomic E-state index is -0.350. The summed E-state index contributed by atoms with van der Waals surface area (Å²) < 4.78 is 5.22. The van der Waals surface area contributed by atoms with Gasteiger partial charge in [-0.1, -0.05) is 26.8 Å². The number of rotatable bonds is 6. The predicted octanol–water partition coefficient (Wildman–Crippen LogP) is 7.14.